The molecule has 0 N–H and O–H groups in total. The van der Waals surface area contributed by atoms with Crippen LogP contribution in [-0.4, -0.2) is 51.1 Å². The second-order valence-corrected chi connectivity index (χ2v) is 7.43. The molecule has 1 amide bonds. The van der Waals surface area contributed by atoms with Gasteiger partial charge in [-0.2, -0.15) is 0 Å². The molecule has 1 aromatic heterocycles. The SMILES string of the molecule is C=CCn1cnnc1SCC(=O)N1CCC[C@H]1c1ccc2c(c1)OCCO2. The maximum Gasteiger partial charge on any atom is 0.233 e. The number of carbonyl (C=O) groups is 1. The molecule has 0 aliphatic carbocycles. The van der Waals surface area contributed by atoms with Gasteiger partial charge in [-0.1, -0.05) is 23.9 Å². The highest BCUT2D eigenvalue weighted by Crippen LogP contribution is 2.38. The normalized spacial score (nSPS) is 18.5. The zero-order valence-electron chi connectivity index (χ0n) is 15.0. The summed E-state index contributed by atoms with van der Waals surface area (Å²) in [6, 6.07) is 6.08. The average molecular weight is 386 g/mol. The van der Waals surface area contributed by atoms with Crippen LogP contribution in [0.15, 0.2) is 42.3 Å². The first kappa shape index (κ1) is 17.9. The number of allylic oxidation sites excluding steroid dienone is 1. The summed E-state index contributed by atoms with van der Waals surface area (Å²) in [4.78, 5) is 14.8. The van der Waals surface area contributed by atoms with Crippen LogP contribution < -0.4 is 9.47 Å². The van der Waals surface area contributed by atoms with Crippen molar-refractivity contribution in [2.45, 2.75) is 30.6 Å². The highest BCUT2D eigenvalue weighted by Gasteiger charge is 2.31. The number of likely N-dealkylation sites (tertiary alicyclic amines) is 1. The number of hydrogen-bond donors (Lipinski definition) is 0. The standard InChI is InChI=1S/C19H22N4O3S/c1-2-7-22-13-20-21-19(22)27-12-18(24)23-8-3-4-15(23)14-5-6-16-17(11-14)26-10-9-25-16/h2,5-6,11,13,15H,1,3-4,7-10,12H2/t15-/m0/s1. The molecular weight excluding hydrogens is 364 g/mol. The van der Waals surface area contributed by atoms with E-state index in [1.165, 1.54) is 11.8 Å². The predicted octanol–water partition coefficient (Wildman–Crippen LogP) is 2.69. The number of nitrogens with zero attached hydrogens (tertiary/aromatic N) is 4. The number of hydrogen-bond acceptors (Lipinski definition) is 6. The highest BCUT2D eigenvalue weighted by atomic mass is 32.2. The Morgan fingerprint density at radius 2 is 2.19 bits per heavy atom. The summed E-state index contributed by atoms with van der Waals surface area (Å²) >= 11 is 1.41. The van der Waals surface area contributed by atoms with Gasteiger partial charge in [-0.15, -0.1) is 16.8 Å². The van der Waals surface area contributed by atoms with E-state index in [2.05, 4.69) is 16.8 Å². The first-order chi connectivity index (χ1) is 13.3. The van der Waals surface area contributed by atoms with Crippen molar-refractivity contribution in [1.29, 1.82) is 0 Å². The lowest BCUT2D eigenvalue weighted by molar-refractivity contribution is -0.129. The second-order valence-electron chi connectivity index (χ2n) is 6.49. The van der Waals surface area contributed by atoms with Crippen molar-refractivity contribution in [2.75, 3.05) is 25.5 Å². The van der Waals surface area contributed by atoms with Gasteiger partial charge in [0.2, 0.25) is 5.91 Å². The molecular formula is C19H22N4O3S. The maximum atomic E-state index is 12.9. The quantitative estimate of drug-likeness (QED) is 0.562. The van der Waals surface area contributed by atoms with Crippen molar-refractivity contribution in [1.82, 2.24) is 19.7 Å². The lowest BCUT2D eigenvalue weighted by Gasteiger charge is -2.26. The van der Waals surface area contributed by atoms with E-state index in [1.807, 2.05) is 27.7 Å². The van der Waals surface area contributed by atoms with Gasteiger partial charge in [-0.05, 0) is 30.5 Å². The lowest BCUT2D eigenvalue weighted by atomic mass is 10.0. The Morgan fingerprint density at radius 1 is 1.33 bits per heavy atom. The summed E-state index contributed by atoms with van der Waals surface area (Å²) in [5, 5.41) is 8.73. The third-order valence-corrected chi connectivity index (χ3v) is 5.72. The number of fused-ring (bicyclic) bond motifs is 1. The molecule has 27 heavy (non-hydrogen) atoms. The Bertz CT molecular complexity index is 838. The molecule has 0 unspecified atom stereocenters. The number of rotatable bonds is 6. The molecule has 7 nitrogen and oxygen atoms in total. The number of carbonyl (C=O) groups excluding carboxylic acids is 1. The van der Waals surface area contributed by atoms with E-state index in [0.717, 1.165) is 41.6 Å². The molecule has 2 aromatic rings. The van der Waals surface area contributed by atoms with Gasteiger partial charge in [0.25, 0.3) is 0 Å². The van der Waals surface area contributed by atoms with E-state index < -0.39 is 0 Å². The van der Waals surface area contributed by atoms with Crippen molar-refractivity contribution in [3.8, 4) is 11.5 Å². The molecule has 1 aromatic carbocycles. The third-order valence-electron chi connectivity index (χ3n) is 4.75. The Hall–Kier alpha value is -2.48. The molecule has 2 aliphatic rings. The fourth-order valence-electron chi connectivity index (χ4n) is 3.51. The molecule has 1 atom stereocenters. The maximum absolute atomic E-state index is 12.9. The summed E-state index contributed by atoms with van der Waals surface area (Å²) in [6.45, 7) is 6.28. The van der Waals surface area contributed by atoms with Crippen molar-refractivity contribution >= 4 is 17.7 Å². The summed E-state index contributed by atoms with van der Waals surface area (Å²) in [7, 11) is 0. The van der Waals surface area contributed by atoms with Gasteiger partial charge in [0.15, 0.2) is 16.7 Å². The molecule has 0 radical (unpaired) electrons. The van der Waals surface area contributed by atoms with Crippen LogP contribution in [0.25, 0.3) is 0 Å². The fourth-order valence-corrected chi connectivity index (χ4v) is 4.32. The van der Waals surface area contributed by atoms with E-state index in [0.29, 0.717) is 25.5 Å². The number of benzene rings is 1. The van der Waals surface area contributed by atoms with Crippen LogP contribution >= 0.6 is 11.8 Å². The van der Waals surface area contributed by atoms with Crippen LogP contribution in [0.5, 0.6) is 11.5 Å². The zero-order chi connectivity index (χ0) is 18.6. The molecule has 8 heteroatoms. The van der Waals surface area contributed by atoms with E-state index in [4.69, 9.17) is 9.47 Å². The Balaban J connectivity index is 1.44. The first-order valence-corrected chi connectivity index (χ1v) is 10.1. The molecule has 0 bridgehead atoms. The molecule has 4 rings (SSSR count). The number of aromatic nitrogens is 3. The van der Waals surface area contributed by atoms with E-state index in [1.54, 1.807) is 12.4 Å². The Labute approximate surface area is 162 Å². The second kappa shape index (κ2) is 8.04. The van der Waals surface area contributed by atoms with Gasteiger partial charge in [0.1, 0.15) is 19.5 Å². The topological polar surface area (TPSA) is 69.5 Å². The summed E-state index contributed by atoms with van der Waals surface area (Å²) in [5.41, 5.74) is 1.10. The minimum Gasteiger partial charge on any atom is -0.486 e. The minimum atomic E-state index is 0.0833. The largest absolute Gasteiger partial charge is 0.486 e. The van der Waals surface area contributed by atoms with Gasteiger partial charge in [0.05, 0.1) is 11.8 Å². The average Bonchev–Trinajstić information content (AvgIpc) is 3.35. The molecule has 0 spiro atoms. The molecule has 2 aliphatic heterocycles. The van der Waals surface area contributed by atoms with Gasteiger partial charge in [-0.25, -0.2) is 0 Å². The van der Waals surface area contributed by atoms with Crippen LogP contribution in [0.4, 0.5) is 0 Å². The molecule has 1 saturated heterocycles. The van der Waals surface area contributed by atoms with Gasteiger partial charge < -0.3 is 18.9 Å². The molecule has 0 saturated carbocycles. The van der Waals surface area contributed by atoms with Crippen molar-refractivity contribution in [3.05, 3.63) is 42.7 Å². The van der Waals surface area contributed by atoms with Crippen LogP contribution in [0.3, 0.4) is 0 Å². The third kappa shape index (κ3) is 3.80. The Morgan fingerprint density at radius 3 is 3.04 bits per heavy atom. The zero-order valence-corrected chi connectivity index (χ0v) is 15.9. The summed E-state index contributed by atoms with van der Waals surface area (Å²) < 4.78 is 13.2. The van der Waals surface area contributed by atoms with Gasteiger partial charge >= 0.3 is 0 Å². The van der Waals surface area contributed by atoms with E-state index >= 15 is 0 Å². The van der Waals surface area contributed by atoms with Crippen LogP contribution in [0.2, 0.25) is 0 Å². The molecule has 1 fully saturated rings. The van der Waals surface area contributed by atoms with E-state index in [-0.39, 0.29) is 11.9 Å². The summed E-state index contributed by atoms with van der Waals surface area (Å²) in [6.07, 6.45) is 5.40. The smallest absolute Gasteiger partial charge is 0.233 e. The monoisotopic (exact) mass is 386 g/mol. The highest BCUT2D eigenvalue weighted by molar-refractivity contribution is 7.99. The Kier molecular flexibility index (Phi) is 5.33. The fraction of sp³-hybridized carbons (Fsp3) is 0.421. The van der Waals surface area contributed by atoms with Crippen LogP contribution in [0.1, 0.15) is 24.4 Å². The molecule has 3 heterocycles. The van der Waals surface area contributed by atoms with Crippen LogP contribution in [-0.2, 0) is 11.3 Å². The van der Waals surface area contributed by atoms with Crippen molar-refractivity contribution in [3.63, 3.8) is 0 Å². The predicted molar refractivity (Wildman–Crippen MR) is 102 cm³/mol. The number of amides is 1. The summed E-state index contributed by atoms with van der Waals surface area (Å²) in [5.74, 6) is 2.00. The number of thioether (sulfide) groups is 1. The van der Waals surface area contributed by atoms with Crippen molar-refractivity contribution < 1.29 is 14.3 Å². The van der Waals surface area contributed by atoms with Crippen LogP contribution in [0, 0.1) is 0 Å². The van der Waals surface area contributed by atoms with Gasteiger partial charge in [-0.3, -0.25) is 4.79 Å². The van der Waals surface area contributed by atoms with E-state index in [9.17, 15) is 4.79 Å². The lowest BCUT2D eigenvalue weighted by Crippen LogP contribution is -2.32. The van der Waals surface area contributed by atoms with Crippen molar-refractivity contribution in [2.24, 2.45) is 0 Å². The van der Waals surface area contributed by atoms with Gasteiger partial charge in [0, 0.05) is 13.1 Å². The number of ether oxygens (including phenoxy) is 2. The minimum absolute atomic E-state index is 0.0833. The first-order valence-electron chi connectivity index (χ1n) is 9.07. The molecule has 142 valence electrons.